The molecule has 88 valence electrons. The van der Waals surface area contributed by atoms with E-state index in [0.717, 1.165) is 32.1 Å². The van der Waals surface area contributed by atoms with E-state index >= 15 is 0 Å². The average molecular weight is 212 g/mol. The van der Waals surface area contributed by atoms with Crippen LogP contribution in [0.4, 0.5) is 0 Å². The highest BCUT2D eigenvalue weighted by molar-refractivity contribution is 5.03. The third-order valence-electron chi connectivity index (χ3n) is 4.82. The summed E-state index contributed by atoms with van der Waals surface area (Å²) < 4.78 is 0. The van der Waals surface area contributed by atoms with Crippen LogP contribution in [-0.4, -0.2) is 22.4 Å². The van der Waals surface area contributed by atoms with Gasteiger partial charge in [-0.05, 0) is 31.6 Å². The van der Waals surface area contributed by atoms with Crippen LogP contribution in [0.2, 0.25) is 0 Å². The summed E-state index contributed by atoms with van der Waals surface area (Å²) in [7, 11) is 0. The molecule has 0 amide bonds. The van der Waals surface area contributed by atoms with Gasteiger partial charge in [0, 0.05) is 5.41 Å². The van der Waals surface area contributed by atoms with Crippen LogP contribution >= 0.6 is 0 Å². The fourth-order valence-electron chi connectivity index (χ4n) is 3.83. The van der Waals surface area contributed by atoms with Gasteiger partial charge in [-0.1, -0.05) is 32.6 Å². The average Bonchev–Trinajstić information content (AvgIpc) is 2.67. The van der Waals surface area contributed by atoms with Crippen LogP contribution in [0.3, 0.4) is 0 Å². The number of aliphatic hydroxyl groups excluding tert-OH is 1. The van der Waals surface area contributed by atoms with E-state index in [1.54, 1.807) is 0 Å². The second-order valence-corrected chi connectivity index (χ2v) is 5.88. The van der Waals surface area contributed by atoms with E-state index in [2.05, 4.69) is 6.92 Å². The third-order valence-corrected chi connectivity index (χ3v) is 4.82. The molecule has 2 unspecified atom stereocenters. The number of rotatable bonds is 2. The molecule has 2 N–H and O–H groups in total. The fourth-order valence-corrected chi connectivity index (χ4v) is 3.83. The standard InChI is InChI=1S/C13H24O2/c1-11-5-4-8-13(15,9-11)12(10-14)6-2-3-7-12/h11,14-15H,2-10H2,1H3. The van der Waals surface area contributed by atoms with E-state index in [9.17, 15) is 10.2 Å². The van der Waals surface area contributed by atoms with E-state index in [1.807, 2.05) is 0 Å². The van der Waals surface area contributed by atoms with Gasteiger partial charge in [0.15, 0.2) is 0 Å². The summed E-state index contributed by atoms with van der Waals surface area (Å²) in [5.74, 6) is 0.618. The number of hydrogen-bond donors (Lipinski definition) is 2. The van der Waals surface area contributed by atoms with Gasteiger partial charge in [-0.2, -0.15) is 0 Å². The summed E-state index contributed by atoms with van der Waals surface area (Å²) in [4.78, 5) is 0. The number of hydrogen-bond acceptors (Lipinski definition) is 2. The Morgan fingerprint density at radius 1 is 1.13 bits per heavy atom. The van der Waals surface area contributed by atoms with Crippen LogP contribution in [0.15, 0.2) is 0 Å². The second-order valence-electron chi connectivity index (χ2n) is 5.88. The van der Waals surface area contributed by atoms with Gasteiger partial charge in [-0.25, -0.2) is 0 Å². The smallest absolute Gasteiger partial charge is 0.0728 e. The van der Waals surface area contributed by atoms with E-state index in [1.165, 1.54) is 19.3 Å². The monoisotopic (exact) mass is 212 g/mol. The van der Waals surface area contributed by atoms with Crippen LogP contribution < -0.4 is 0 Å². The summed E-state index contributed by atoms with van der Waals surface area (Å²) in [6, 6.07) is 0. The van der Waals surface area contributed by atoms with E-state index in [-0.39, 0.29) is 12.0 Å². The maximum atomic E-state index is 10.8. The van der Waals surface area contributed by atoms with Crippen LogP contribution in [-0.2, 0) is 0 Å². The minimum absolute atomic E-state index is 0.165. The van der Waals surface area contributed by atoms with Crippen molar-refractivity contribution in [2.45, 2.75) is 63.9 Å². The minimum atomic E-state index is -0.573. The lowest BCUT2D eigenvalue weighted by Gasteiger charge is -2.48. The SMILES string of the molecule is CC1CCCC(O)(C2(CO)CCCC2)C1. The van der Waals surface area contributed by atoms with E-state index < -0.39 is 5.60 Å². The van der Waals surface area contributed by atoms with Gasteiger partial charge in [0.05, 0.1) is 12.2 Å². The Hall–Kier alpha value is -0.0800. The second kappa shape index (κ2) is 4.06. The van der Waals surface area contributed by atoms with Crippen molar-refractivity contribution in [1.82, 2.24) is 0 Å². The first-order chi connectivity index (χ1) is 7.12. The quantitative estimate of drug-likeness (QED) is 0.738. The van der Waals surface area contributed by atoms with Gasteiger partial charge < -0.3 is 10.2 Å². The maximum Gasteiger partial charge on any atom is 0.0728 e. The zero-order valence-corrected chi connectivity index (χ0v) is 9.84. The van der Waals surface area contributed by atoms with Crippen molar-refractivity contribution < 1.29 is 10.2 Å². The maximum absolute atomic E-state index is 10.8. The zero-order valence-electron chi connectivity index (χ0n) is 9.84. The normalized spacial score (nSPS) is 40.6. The highest BCUT2D eigenvalue weighted by Gasteiger charge is 2.52. The van der Waals surface area contributed by atoms with Gasteiger partial charge in [0.2, 0.25) is 0 Å². The molecule has 0 radical (unpaired) electrons. The molecule has 0 aromatic carbocycles. The van der Waals surface area contributed by atoms with Crippen LogP contribution in [0.25, 0.3) is 0 Å². The minimum Gasteiger partial charge on any atom is -0.396 e. The lowest BCUT2D eigenvalue weighted by atomic mass is 9.62. The van der Waals surface area contributed by atoms with Gasteiger partial charge in [0.25, 0.3) is 0 Å². The summed E-state index contributed by atoms with van der Waals surface area (Å²) in [5.41, 5.74) is -0.738. The van der Waals surface area contributed by atoms with Crippen molar-refractivity contribution in [2.24, 2.45) is 11.3 Å². The third kappa shape index (κ3) is 1.83. The van der Waals surface area contributed by atoms with Gasteiger partial charge in [-0.3, -0.25) is 0 Å². The summed E-state index contributed by atoms with van der Waals surface area (Å²) in [5, 5.41) is 20.5. The Morgan fingerprint density at radius 3 is 2.33 bits per heavy atom. The first-order valence-electron chi connectivity index (χ1n) is 6.45. The van der Waals surface area contributed by atoms with Crippen molar-refractivity contribution in [2.75, 3.05) is 6.61 Å². The van der Waals surface area contributed by atoms with Crippen molar-refractivity contribution in [3.8, 4) is 0 Å². The molecule has 2 atom stereocenters. The highest BCUT2D eigenvalue weighted by Crippen LogP contribution is 2.52. The molecule has 0 heterocycles. The molecule has 0 aromatic heterocycles. The summed E-state index contributed by atoms with van der Waals surface area (Å²) >= 11 is 0. The molecule has 0 saturated heterocycles. The van der Waals surface area contributed by atoms with E-state index in [0.29, 0.717) is 5.92 Å². The molecule has 2 heteroatoms. The molecule has 2 fully saturated rings. The first kappa shape index (κ1) is 11.4. The van der Waals surface area contributed by atoms with Crippen LogP contribution in [0.1, 0.15) is 58.3 Å². The molecule has 2 saturated carbocycles. The Balaban J connectivity index is 2.17. The van der Waals surface area contributed by atoms with Gasteiger partial charge in [-0.15, -0.1) is 0 Å². The Kier molecular flexibility index (Phi) is 3.09. The topological polar surface area (TPSA) is 40.5 Å². The molecule has 2 aliphatic carbocycles. The predicted octanol–water partition coefficient (Wildman–Crippen LogP) is 2.48. The van der Waals surface area contributed by atoms with Crippen molar-refractivity contribution in [3.63, 3.8) is 0 Å². The Bertz CT molecular complexity index is 221. The van der Waals surface area contributed by atoms with Crippen molar-refractivity contribution in [3.05, 3.63) is 0 Å². The lowest BCUT2D eigenvalue weighted by Crippen LogP contribution is -2.51. The highest BCUT2D eigenvalue weighted by atomic mass is 16.3. The molecular weight excluding hydrogens is 188 g/mol. The molecule has 0 bridgehead atoms. The number of aliphatic hydroxyl groups is 2. The molecular formula is C13H24O2. The van der Waals surface area contributed by atoms with Crippen molar-refractivity contribution in [1.29, 1.82) is 0 Å². The molecule has 0 spiro atoms. The molecule has 0 aromatic rings. The lowest BCUT2D eigenvalue weighted by molar-refractivity contribution is -0.136. The Morgan fingerprint density at radius 2 is 1.80 bits per heavy atom. The van der Waals surface area contributed by atoms with Gasteiger partial charge in [0.1, 0.15) is 0 Å². The van der Waals surface area contributed by atoms with E-state index in [4.69, 9.17) is 0 Å². The van der Waals surface area contributed by atoms with Crippen molar-refractivity contribution >= 4 is 0 Å². The van der Waals surface area contributed by atoms with Crippen LogP contribution in [0.5, 0.6) is 0 Å². The largest absolute Gasteiger partial charge is 0.396 e. The molecule has 2 aliphatic rings. The molecule has 2 rings (SSSR count). The summed E-state index contributed by atoms with van der Waals surface area (Å²) in [6.07, 6.45) is 8.56. The molecule has 15 heavy (non-hydrogen) atoms. The van der Waals surface area contributed by atoms with Crippen LogP contribution in [0, 0.1) is 11.3 Å². The predicted molar refractivity (Wildman–Crippen MR) is 60.6 cm³/mol. The van der Waals surface area contributed by atoms with Gasteiger partial charge >= 0.3 is 0 Å². The molecule has 2 nitrogen and oxygen atoms in total. The fraction of sp³-hybridized carbons (Fsp3) is 1.00. The first-order valence-corrected chi connectivity index (χ1v) is 6.45. The zero-order chi connectivity index (χ0) is 10.9. The Labute approximate surface area is 92.7 Å². The molecule has 0 aliphatic heterocycles. The summed E-state index contributed by atoms with van der Waals surface area (Å²) in [6.45, 7) is 2.40.